The van der Waals surface area contributed by atoms with Gasteiger partial charge in [0.2, 0.25) is 5.95 Å². The number of nitrogens with one attached hydrogen (secondary N) is 1. The number of aromatic nitrogens is 2. The van der Waals surface area contributed by atoms with Crippen molar-refractivity contribution in [2.45, 2.75) is 46.6 Å². The quantitative estimate of drug-likeness (QED) is 0.575. The molecule has 0 aliphatic rings. The van der Waals surface area contributed by atoms with Crippen LogP contribution in [0.25, 0.3) is 0 Å². The molecule has 5 N–H and O–H groups in total. The zero-order valence-electron chi connectivity index (χ0n) is 15.4. The molecule has 0 saturated carbocycles. The zero-order valence-corrected chi connectivity index (χ0v) is 15.4. The summed E-state index contributed by atoms with van der Waals surface area (Å²) in [6.45, 7) is 6.99. The first-order valence-electron chi connectivity index (χ1n) is 8.72. The molecule has 0 radical (unpaired) electrons. The summed E-state index contributed by atoms with van der Waals surface area (Å²) >= 11 is 0. The van der Waals surface area contributed by atoms with Crippen molar-refractivity contribution in [3.63, 3.8) is 0 Å². The van der Waals surface area contributed by atoms with Crippen LogP contribution in [0.2, 0.25) is 0 Å². The van der Waals surface area contributed by atoms with Crippen molar-refractivity contribution in [3.05, 3.63) is 46.6 Å². The van der Waals surface area contributed by atoms with Gasteiger partial charge < -0.3 is 21.3 Å². The van der Waals surface area contributed by atoms with E-state index in [-0.39, 0.29) is 13.2 Å². The lowest BCUT2D eigenvalue weighted by molar-refractivity contribution is 0.282. The van der Waals surface area contributed by atoms with E-state index in [0.29, 0.717) is 5.95 Å². The number of nitrogens with zero attached hydrogens (tertiary/aromatic N) is 2. The van der Waals surface area contributed by atoms with Gasteiger partial charge in [-0.2, -0.15) is 4.98 Å². The van der Waals surface area contributed by atoms with Gasteiger partial charge in [0, 0.05) is 30.8 Å². The average molecular weight is 346 g/mol. The summed E-state index contributed by atoms with van der Waals surface area (Å²) < 4.78 is 0. The fourth-order valence-electron chi connectivity index (χ4n) is 2.33. The Kier molecular flexibility index (Phi) is 9.50. The number of nitrogens with two attached hydrogens (primary N) is 1. The van der Waals surface area contributed by atoms with E-state index in [9.17, 15) is 0 Å². The number of aryl methyl sites for hydroxylation is 1. The average Bonchev–Trinajstić information content (AvgIpc) is 2.59. The smallest absolute Gasteiger partial charge is 0.222 e. The van der Waals surface area contributed by atoms with Gasteiger partial charge in [-0.05, 0) is 31.4 Å². The van der Waals surface area contributed by atoms with Crippen LogP contribution >= 0.6 is 0 Å². The highest BCUT2D eigenvalue weighted by atomic mass is 16.3. The van der Waals surface area contributed by atoms with Crippen molar-refractivity contribution >= 4 is 11.8 Å². The van der Waals surface area contributed by atoms with E-state index in [1.165, 1.54) is 0 Å². The maximum atomic E-state index is 9.11. The van der Waals surface area contributed by atoms with Crippen LogP contribution in [-0.4, -0.2) is 33.3 Å². The van der Waals surface area contributed by atoms with E-state index in [1.807, 2.05) is 31.2 Å². The lowest BCUT2D eigenvalue weighted by atomic mass is 10.0. The molecular weight excluding hydrogens is 316 g/mol. The van der Waals surface area contributed by atoms with Crippen LogP contribution in [0.1, 0.15) is 49.1 Å². The molecule has 0 aliphatic carbocycles. The van der Waals surface area contributed by atoms with Gasteiger partial charge in [0.05, 0.1) is 6.61 Å². The monoisotopic (exact) mass is 346 g/mol. The molecule has 6 heteroatoms. The normalized spacial score (nSPS) is 10.1. The highest BCUT2D eigenvalue weighted by Gasteiger charge is 2.11. The third kappa shape index (κ3) is 7.07. The van der Waals surface area contributed by atoms with Gasteiger partial charge in [-0.1, -0.05) is 37.6 Å². The SMILES string of the molecule is CCCCNc1nc(N)nc(C)c1Cc1ccc(CO)cc1.CCO. The van der Waals surface area contributed by atoms with Crippen molar-refractivity contribution in [2.75, 3.05) is 24.2 Å². The van der Waals surface area contributed by atoms with Crippen LogP contribution < -0.4 is 11.1 Å². The van der Waals surface area contributed by atoms with E-state index in [1.54, 1.807) is 6.92 Å². The maximum Gasteiger partial charge on any atom is 0.222 e. The van der Waals surface area contributed by atoms with Crippen LogP contribution in [0, 0.1) is 6.92 Å². The highest BCUT2D eigenvalue weighted by Crippen LogP contribution is 2.21. The lowest BCUT2D eigenvalue weighted by Crippen LogP contribution is -2.11. The second-order valence-corrected chi connectivity index (χ2v) is 5.74. The Bertz CT molecular complexity index is 630. The largest absolute Gasteiger partial charge is 0.397 e. The highest BCUT2D eigenvalue weighted by molar-refractivity contribution is 5.51. The number of hydrogen-bond donors (Lipinski definition) is 4. The van der Waals surface area contributed by atoms with E-state index >= 15 is 0 Å². The Balaban J connectivity index is 0.000000970. The molecule has 138 valence electrons. The number of nitrogen functional groups attached to an aromatic ring is 1. The van der Waals surface area contributed by atoms with Crippen molar-refractivity contribution in [3.8, 4) is 0 Å². The molecule has 0 fully saturated rings. The molecule has 6 nitrogen and oxygen atoms in total. The first kappa shape index (κ1) is 20.9. The molecule has 0 bridgehead atoms. The summed E-state index contributed by atoms with van der Waals surface area (Å²) in [4.78, 5) is 8.63. The third-order valence-corrected chi connectivity index (χ3v) is 3.64. The Morgan fingerprint density at radius 3 is 2.20 bits per heavy atom. The number of rotatable bonds is 7. The predicted octanol–water partition coefficient (Wildman–Crippen LogP) is 2.66. The van der Waals surface area contributed by atoms with Crippen LogP contribution in [0.5, 0.6) is 0 Å². The molecular formula is C19H30N4O2. The number of unbranched alkanes of at least 4 members (excludes halogenated alkanes) is 1. The topological polar surface area (TPSA) is 104 Å². The number of benzene rings is 1. The Labute approximate surface area is 150 Å². The van der Waals surface area contributed by atoms with Crippen LogP contribution in [0.15, 0.2) is 24.3 Å². The zero-order chi connectivity index (χ0) is 18.7. The Hall–Kier alpha value is -2.18. The summed E-state index contributed by atoms with van der Waals surface area (Å²) in [5.41, 5.74) is 9.82. The molecule has 1 aromatic heterocycles. The van der Waals surface area contributed by atoms with Crippen molar-refractivity contribution in [1.29, 1.82) is 0 Å². The molecule has 2 aromatic rings. The number of anilines is 2. The van der Waals surface area contributed by atoms with Gasteiger partial charge in [-0.3, -0.25) is 0 Å². The first-order chi connectivity index (χ1) is 12.0. The molecule has 1 aromatic carbocycles. The van der Waals surface area contributed by atoms with Gasteiger partial charge in [-0.25, -0.2) is 4.98 Å². The van der Waals surface area contributed by atoms with Crippen LogP contribution in [0.3, 0.4) is 0 Å². The van der Waals surface area contributed by atoms with Crippen LogP contribution in [-0.2, 0) is 13.0 Å². The van der Waals surface area contributed by atoms with E-state index in [2.05, 4.69) is 22.2 Å². The second kappa shape index (κ2) is 11.4. The fourth-order valence-corrected chi connectivity index (χ4v) is 2.33. The second-order valence-electron chi connectivity index (χ2n) is 5.74. The Morgan fingerprint density at radius 2 is 1.64 bits per heavy atom. The molecule has 0 amide bonds. The summed E-state index contributed by atoms with van der Waals surface area (Å²) in [5, 5.41) is 20.1. The standard InChI is InChI=1S/C17H24N4O.C2H6O/c1-3-4-9-19-16-15(12(2)20-17(18)21-16)10-13-5-7-14(11-22)8-6-13;1-2-3/h5-8,22H,3-4,9-11H2,1-2H3,(H3,18,19,20,21);3H,2H2,1H3. The number of aliphatic hydroxyl groups is 2. The van der Waals surface area contributed by atoms with Crippen molar-refractivity contribution in [1.82, 2.24) is 9.97 Å². The van der Waals surface area contributed by atoms with Gasteiger partial charge in [0.1, 0.15) is 5.82 Å². The number of hydrogen-bond acceptors (Lipinski definition) is 6. The molecule has 0 spiro atoms. The van der Waals surface area contributed by atoms with Crippen molar-refractivity contribution in [2.24, 2.45) is 0 Å². The summed E-state index contributed by atoms with van der Waals surface area (Å²) in [6, 6.07) is 7.92. The van der Waals surface area contributed by atoms with E-state index in [4.69, 9.17) is 15.9 Å². The fraction of sp³-hybridized carbons (Fsp3) is 0.474. The van der Waals surface area contributed by atoms with E-state index < -0.39 is 0 Å². The maximum absolute atomic E-state index is 9.11. The van der Waals surface area contributed by atoms with Gasteiger partial charge in [0.15, 0.2) is 0 Å². The number of aliphatic hydroxyl groups excluding tert-OH is 2. The minimum absolute atomic E-state index is 0.0636. The van der Waals surface area contributed by atoms with Crippen molar-refractivity contribution < 1.29 is 10.2 Å². The lowest BCUT2D eigenvalue weighted by Gasteiger charge is -2.14. The van der Waals surface area contributed by atoms with Gasteiger partial charge >= 0.3 is 0 Å². The summed E-state index contributed by atoms with van der Waals surface area (Å²) in [6.07, 6.45) is 2.96. The molecule has 1 heterocycles. The van der Waals surface area contributed by atoms with Crippen LogP contribution in [0.4, 0.5) is 11.8 Å². The van der Waals surface area contributed by atoms with Gasteiger partial charge in [-0.15, -0.1) is 0 Å². The molecule has 0 unspecified atom stereocenters. The molecule has 0 atom stereocenters. The molecule has 0 saturated heterocycles. The summed E-state index contributed by atoms with van der Waals surface area (Å²) in [7, 11) is 0. The summed E-state index contributed by atoms with van der Waals surface area (Å²) in [5.74, 6) is 1.13. The van der Waals surface area contributed by atoms with Gasteiger partial charge in [0.25, 0.3) is 0 Å². The minimum Gasteiger partial charge on any atom is -0.397 e. The molecule has 25 heavy (non-hydrogen) atoms. The predicted molar refractivity (Wildman–Crippen MR) is 103 cm³/mol. The van der Waals surface area contributed by atoms with E-state index in [0.717, 1.165) is 54.0 Å². The molecule has 2 rings (SSSR count). The minimum atomic E-state index is 0.0636. The molecule has 0 aliphatic heterocycles. The first-order valence-corrected chi connectivity index (χ1v) is 8.72. The third-order valence-electron chi connectivity index (χ3n) is 3.64. The Morgan fingerprint density at radius 1 is 1.04 bits per heavy atom.